The minimum Gasteiger partial charge on any atom is -0.469 e. The quantitative estimate of drug-likeness (QED) is 0.315. The van der Waals surface area contributed by atoms with Crippen molar-refractivity contribution in [3.05, 3.63) is 101 Å². The number of carbonyl (C=O) groups is 1. The summed E-state index contributed by atoms with van der Waals surface area (Å²) in [6.45, 7) is 2.13. The molecule has 0 aliphatic rings. The van der Waals surface area contributed by atoms with Crippen molar-refractivity contribution in [3.63, 3.8) is 0 Å². The molecule has 0 amide bonds. The SMILES string of the molecule is COC(=O)Cc1ccc(-c2ccc(-c3ccc(Br)cc3)n2-c2ccccc2C)cc1. The average Bonchev–Trinajstić information content (AvgIpc) is 3.20. The fourth-order valence-corrected chi connectivity index (χ4v) is 3.88. The predicted molar refractivity (Wildman–Crippen MR) is 125 cm³/mol. The first-order chi connectivity index (χ1) is 14.6. The van der Waals surface area contributed by atoms with Crippen LogP contribution in [0, 0.1) is 6.92 Å². The van der Waals surface area contributed by atoms with E-state index in [2.05, 4.69) is 100 Å². The predicted octanol–water partition coefficient (Wildman–Crippen LogP) is 6.60. The lowest BCUT2D eigenvalue weighted by Crippen LogP contribution is -2.04. The lowest BCUT2D eigenvalue weighted by atomic mass is 10.1. The van der Waals surface area contributed by atoms with Crippen molar-refractivity contribution in [2.24, 2.45) is 0 Å². The van der Waals surface area contributed by atoms with Crippen molar-refractivity contribution in [2.75, 3.05) is 7.11 Å². The Morgan fingerprint density at radius 3 is 1.97 bits per heavy atom. The Labute approximate surface area is 185 Å². The van der Waals surface area contributed by atoms with Crippen molar-refractivity contribution >= 4 is 21.9 Å². The molecule has 0 spiro atoms. The summed E-state index contributed by atoms with van der Waals surface area (Å²) < 4.78 is 8.13. The Hall–Kier alpha value is -3.11. The van der Waals surface area contributed by atoms with Gasteiger partial charge in [-0.3, -0.25) is 4.79 Å². The fourth-order valence-electron chi connectivity index (χ4n) is 3.61. The third-order valence-corrected chi connectivity index (χ3v) is 5.73. The van der Waals surface area contributed by atoms with Gasteiger partial charge in [-0.05, 0) is 59.5 Å². The van der Waals surface area contributed by atoms with Crippen molar-refractivity contribution in [1.29, 1.82) is 0 Å². The van der Waals surface area contributed by atoms with E-state index in [-0.39, 0.29) is 12.4 Å². The largest absolute Gasteiger partial charge is 0.469 e. The van der Waals surface area contributed by atoms with Gasteiger partial charge in [0.25, 0.3) is 0 Å². The molecular weight excluding hydrogens is 438 g/mol. The molecule has 0 radical (unpaired) electrons. The zero-order valence-corrected chi connectivity index (χ0v) is 18.5. The summed E-state index contributed by atoms with van der Waals surface area (Å²) >= 11 is 3.52. The van der Waals surface area contributed by atoms with Gasteiger partial charge in [0.2, 0.25) is 0 Å². The van der Waals surface area contributed by atoms with Crippen LogP contribution in [-0.2, 0) is 16.0 Å². The molecule has 1 heterocycles. The van der Waals surface area contributed by atoms with E-state index in [0.717, 1.165) is 38.2 Å². The molecule has 0 bridgehead atoms. The maximum Gasteiger partial charge on any atom is 0.309 e. The van der Waals surface area contributed by atoms with Crippen LogP contribution in [0.5, 0.6) is 0 Å². The van der Waals surface area contributed by atoms with Gasteiger partial charge in [0.1, 0.15) is 0 Å². The van der Waals surface area contributed by atoms with Gasteiger partial charge in [-0.2, -0.15) is 0 Å². The minimum absolute atomic E-state index is 0.233. The zero-order valence-electron chi connectivity index (χ0n) is 16.9. The third-order valence-electron chi connectivity index (χ3n) is 5.20. The van der Waals surface area contributed by atoms with Crippen LogP contribution in [0.4, 0.5) is 0 Å². The van der Waals surface area contributed by atoms with Gasteiger partial charge >= 0.3 is 5.97 Å². The molecule has 1 aromatic heterocycles. The van der Waals surface area contributed by atoms with Crippen LogP contribution < -0.4 is 0 Å². The molecule has 0 N–H and O–H groups in total. The molecule has 3 nitrogen and oxygen atoms in total. The Morgan fingerprint density at radius 2 is 1.40 bits per heavy atom. The lowest BCUT2D eigenvalue weighted by Gasteiger charge is -2.17. The molecule has 0 saturated heterocycles. The van der Waals surface area contributed by atoms with Crippen molar-refractivity contribution in [2.45, 2.75) is 13.3 Å². The Morgan fingerprint density at radius 1 is 0.833 bits per heavy atom. The van der Waals surface area contributed by atoms with E-state index in [0.29, 0.717) is 0 Å². The van der Waals surface area contributed by atoms with E-state index < -0.39 is 0 Å². The number of aromatic nitrogens is 1. The van der Waals surface area contributed by atoms with Crippen LogP contribution in [0.25, 0.3) is 28.2 Å². The second-order valence-electron chi connectivity index (χ2n) is 7.18. The second kappa shape index (κ2) is 8.72. The molecule has 0 aliphatic carbocycles. The summed E-state index contributed by atoms with van der Waals surface area (Å²) in [5.41, 5.74) is 7.76. The molecule has 30 heavy (non-hydrogen) atoms. The number of hydrogen-bond acceptors (Lipinski definition) is 2. The molecule has 0 fully saturated rings. The molecule has 3 aromatic carbocycles. The molecular formula is C26H22BrNO2. The molecule has 0 unspecified atom stereocenters. The van der Waals surface area contributed by atoms with Crippen LogP contribution in [0.3, 0.4) is 0 Å². The number of aryl methyl sites for hydroxylation is 1. The number of esters is 1. The normalized spacial score (nSPS) is 10.8. The van der Waals surface area contributed by atoms with E-state index in [1.54, 1.807) is 0 Å². The maximum absolute atomic E-state index is 11.6. The number of carbonyl (C=O) groups excluding carboxylic acids is 1. The standard InChI is InChI=1S/C26H22BrNO2/c1-18-5-3-4-6-23(18)28-24(15-16-25(28)21-11-13-22(27)14-12-21)20-9-7-19(8-10-20)17-26(29)30-2/h3-16H,17H2,1-2H3. The summed E-state index contributed by atoms with van der Waals surface area (Å²) in [6, 6.07) is 29.2. The molecule has 0 saturated carbocycles. The number of rotatable bonds is 5. The van der Waals surface area contributed by atoms with E-state index >= 15 is 0 Å². The highest BCUT2D eigenvalue weighted by molar-refractivity contribution is 9.10. The topological polar surface area (TPSA) is 31.2 Å². The van der Waals surface area contributed by atoms with Gasteiger partial charge in [-0.15, -0.1) is 0 Å². The average molecular weight is 460 g/mol. The van der Waals surface area contributed by atoms with Crippen LogP contribution in [-0.4, -0.2) is 17.6 Å². The van der Waals surface area contributed by atoms with Crippen LogP contribution in [0.2, 0.25) is 0 Å². The summed E-state index contributed by atoms with van der Waals surface area (Å²) in [5, 5.41) is 0. The van der Waals surface area contributed by atoms with Gasteiger partial charge in [-0.1, -0.05) is 70.5 Å². The van der Waals surface area contributed by atoms with E-state index in [4.69, 9.17) is 4.74 Å². The number of ether oxygens (including phenoxy) is 1. The number of para-hydroxylation sites is 1. The molecule has 150 valence electrons. The van der Waals surface area contributed by atoms with E-state index in [1.807, 2.05) is 12.1 Å². The minimum atomic E-state index is -0.233. The maximum atomic E-state index is 11.6. The van der Waals surface area contributed by atoms with Crippen molar-refractivity contribution in [1.82, 2.24) is 4.57 Å². The van der Waals surface area contributed by atoms with E-state index in [9.17, 15) is 4.79 Å². The summed E-state index contributed by atoms with van der Waals surface area (Å²) in [4.78, 5) is 11.6. The Kier molecular flexibility index (Phi) is 5.86. The Bertz CT molecular complexity index is 1170. The first-order valence-corrected chi connectivity index (χ1v) is 10.6. The van der Waals surface area contributed by atoms with Crippen LogP contribution >= 0.6 is 15.9 Å². The number of methoxy groups -OCH3 is 1. The van der Waals surface area contributed by atoms with Gasteiger partial charge in [0.05, 0.1) is 24.9 Å². The summed E-state index contributed by atoms with van der Waals surface area (Å²) in [7, 11) is 1.41. The summed E-state index contributed by atoms with van der Waals surface area (Å²) in [5.74, 6) is -0.233. The van der Waals surface area contributed by atoms with Crippen molar-refractivity contribution in [3.8, 4) is 28.2 Å². The zero-order chi connectivity index (χ0) is 21.1. The monoisotopic (exact) mass is 459 g/mol. The van der Waals surface area contributed by atoms with E-state index in [1.165, 1.54) is 12.7 Å². The highest BCUT2D eigenvalue weighted by Crippen LogP contribution is 2.34. The third kappa shape index (κ3) is 4.10. The molecule has 0 atom stereocenters. The smallest absolute Gasteiger partial charge is 0.309 e. The fraction of sp³-hybridized carbons (Fsp3) is 0.115. The van der Waals surface area contributed by atoms with Gasteiger partial charge in [0.15, 0.2) is 0 Å². The number of halogens is 1. The molecule has 4 rings (SSSR count). The molecule has 4 heteroatoms. The highest BCUT2D eigenvalue weighted by atomic mass is 79.9. The lowest BCUT2D eigenvalue weighted by molar-refractivity contribution is -0.139. The van der Waals surface area contributed by atoms with Crippen LogP contribution in [0.15, 0.2) is 89.4 Å². The van der Waals surface area contributed by atoms with Gasteiger partial charge < -0.3 is 9.30 Å². The van der Waals surface area contributed by atoms with Crippen molar-refractivity contribution < 1.29 is 9.53 Å². The Balaban J connectivity index is 1.83. The molecule has 0 aliphatic heterocycles. The number of nitrogens with zero attached hydrogens (tertiary/aromatic N) is 1. The first-order valence-electron chi connectivity index (χ1n) is 9.76. The van der Waals surface area contributed by atoms with Gasteiger partial charge in [0, 0.05) is 10.2 Å². The highest BCUT2D eigenvalue weighted by Gasteiger charge is 2.15. The van der Waals surface area contributed by atoms with Gasteiger partial charge in [-0.25, -0.2) is 0 Å². The molecule has 4 aromatic rings. The van der Waals surface area contributed by atoms with Crippen LogP contribution in [0.1, 0.15) is 11.1 Å². The first kappa shape index (κ1) is 20.2. The number of benzene rings is 3. The number of hydrogen-bond donors (Lipinski definition) is 0. The summed E-state index contributed by atoms with van der Waals surface area (Å²) in [6.07, 6.45) is 0.278. The second-order valence-corrected chi connectivity index (χ2v) is 8.10.